The van der Waals surface area contributed by atoms with E-state index in [0.29, 0.717) is 9.66 Å². The van der Waals surface area contributed by atoms with E-state index in [1.807, 2.05) is 20.8 Å². The van der Waals surface area contributed by atoms with Crippen LogP contribution < -0.4 is 5.19 Å². The van der Waals surface area contributed by atoms with Gasteiger partial charge in [-0.25, -0.2) is 8.78 Å². The monoisotopic (exact) mass is 306 g/mol. The SMILES string of the molecule is CC[Si](CC)(CC)c1c(F)ccc(Br)c1F. The lowest BCUT2D eigenvalue weighted by Crippen LogP contribution is -2.49. The van der Waals surface area contributed by atoms with Crippen LogP contribution in [0.15, 0.2) is 16.6 Å². The first-order valence-corrected chi connectivity index (χ1v) is 9.07. The van der Waals surface area contributed by atoms with Crippen LogP contribution in [0, 0.1) is 11.6 Å². The molecule has 0 aliphatic carbocycles. The van der Waals surface area contributed by atoms with Gasteiger partial charge in [-0.1, -0.05) is 38.9 Å². The third-order valence-electron chi connectivity index (χ3n) is 3.60. The quantitative estimate of drug-likeness (QED) is 0.570. The molecule has 0 bridgehead atoms. The largest absolute Gasteiger partial charge is 0.207 e. The highest BCUT2D eigenvalue weighted by Gasteiger charge is 2.35. The summed E-state index contributed by atoms with van der Waals surface area (Å²) in [6, 6.07) is 5.44. The number of rotatable bonds is 4. The predicted octanol–water partition coefficient (Wildman–Crippen LogP) is 4.44. The third-order valence-corrected chi connectivity index (χ3v) is 9.80. The minimum atomic E-state index is -1.99. The summed E-state index contributed by atoms with van der Waals surface area (Å²) < 4.78 is 28.3. The highest BCUT2D eigenvalue weighted by atomic mass is 79.9. The zero-order valence-corrected chi connectivity index (χ0v) is 12.5. The summed E-state index contributed by atoms with van der Waals surface area (Å²) in [4.78, 5) is 0. The van der Waals surface area contributed by atoms with E-state index < -0.39 is 13.9 Å². The minimum Gasteiger partial charge on any atom is -0.207 e. The molecule has 4 heteroatoms. The van der Waals surface area contributed by atoms with Crippen molar-refractivity contribution < 1.29 is 8.78 Å². The molecule has 1 aromatic rings. The fraction of sp³-hybridized carbons (Fsp3) is 0.500. The third kappa shape index (κ3) is 2.23. The van der Waals surface area contributed by atoms with E-state index in [4.69, 9.17) is 0 Å². The smallest absolute Gasteiger partial charge is 0.139 e. The highest BCUT2D eigenvalue weighted by molar-refractivity contribution is 9.10. The van der Waals surface area contributed by atoms with Crippen LogP contribution in [0.5, 0.6) is 0 Å². The van der Waals surface area contributed by atoms with E-state index >= 15 is 0 Å². The molecule has 16 heavy (non-hydrogen) atoms. The van der Waals surface area contributed by atoms with Crippen LogP contribution in [0.3, 0.4) is 0 Å². The maximum Gasteiger partial charge on any atom is 0.139 e. The van der Waals surface area contributed by atoms with Crippen LogP contribution in [0.4, 0.5) is 8.78 Å². The molecule has 0 N–H and O–H groups in total. The van der Waals surface area contributed by atoms with Gasteiger partial charge in [-0.15, -0.1) is 0 Å². The first-order valence-electron chi connectivity index (χ1n) is 5.66. The van der Waals surface area contributed by atoms with Crippen molar-refractivity contribution in [2.45, 2.75) is 38.9 Å². The normalized spacial score (nSPS) is 11.9. The Morgan fingerprint density at radius 1 is 1.06 bits per heavy atom. The van der Waals surface area contributed by atoms with Crippen LogP contribution in [0.2, 0.25) is 18.1 Å². The molecule has 0 spiro atoms. The van der Waals surface area contributed by atoms with E-state index in [2.05, 4.69) is 15.9 Å². The van der Waals surface area contributed by atoms with E-state index in [-0.39, 0.29) is 5.82 Å². The van der Waals surface area contributed by atoms with E-state index in [1.165, 1.54) is 12.1 Å². The molecule has 0 amide bonds. The van der Waals surface area contributed by atoms with Gasteiger partial charge in [-0.3, -0.25) is 0 Å². The molecule has 0 aliphatic rings. The van der Waals surface area contributed by atoms with Gasteiger partial charge < -0.3 is 0 Å². The number of hydrogen-bond donors (Lipinski definition) is 0. The lowest BCUT2D eigenvalue weighted by Gasteiger charge is -2.29. The lowest BCUT2D eigenvalue weighted by atomic mass is 10.3. The Morgan fingerprint density at radius 2 is 1.56 bits per heavy atom. The Morgan fingerprint density at radius 3 is 2.00 bits per heavy atom. The fourth-order valence-electron chi connectivity index (χ4n) is 2.29. The Kier molecular flexibility index (Phi) is 4.68. The summed E-state index contributed by atoms with van der Waals surface area (Å²) in [5.41, 5.74) is 0. The first-order chi connectivity index (χ1) is 7.52. The van der Waals surface area contributed by atoms with Gasteiger partial charge in [0, 0.05) is 5.19 Å². The topological polar surface area (TPSA) is 0 Å². The van der Waals surface area contributed by atoms with E-state index in [0.717, 1.165) is 18.1 Å². The molecule has 1 aromatic carbocycles. The van der Waals surface area contributed by atoms with Crippen LogP contribution in [0.25, 0.3) is 0 Å². The number of hydrogen-bond acceptors (Lipinski definition) is 0. The Bertz CT molecular complexity index is 367. The Hall–Kier alpha value is -0.223. The fourth-order valence-corrected chi connectivity index (χ4v) is 6.56. The summed E-state index contributed by atoms with van der Waals surface area (Å²) in [7, 11) is -1.99. The zero-order valence-electron chi connectivity index (χ0n) is 9.91. The van der Waals surface area contributed by atoms with Crippen LogP contribution in [-0.4, -0.2) is 8.07 Å². The maximum atomic E-state index is 14.1. The second kappa shape index (κ2) is 5.41. The summed E-state index contributed by atoms with van der Waals surface area (Å²) in [5.74, 6) is -0.768. The molecule has 0 fully saturated rings. The summed E-state index contributed by atoms with van der Waals surface area (Å²) in [6.07, 6.45) is 0. The molecule has 0 saturated heterocycles. The van der Waals surface area contributed by atoms with Crippen molar-refractivity contribution in [1.82, 2.24) is 0 Å². The van der Waals surface area contributed by atoms with Crippen molar-refractivity contribution in [3.8, 4) is 0 Å². The Balaban J connectivity index is 3.45. The summed E-state index contributed by atoms with van der Waals surface area (Å²) in [5, 5.41) is 0.370. The number of benzene rings is 1. The molecule has 0 heterocycles. The van der Waals surface area contributed by atoms with Crippen molar-refractivity contribution in [3.63, 3.8) is 0 Å². The van der Waals surface area contributed by atoms with Crippen LogP contribution >= 0.6 is 15.9 Å². The van der Waals surface area contributed by atoms with Crippen molar-refractivity contribution in [2.24, 2.45) is 0 Å². The van der Waals surface area contributed by atoms with Gasteiger partial charge in [-0.05, 0) is 28.1 Å². The highest BCUT2D eigenvalue weighted by Crippen LogP contribution is 2.25. The van der Waals surface area contributed by atoms with Gasteiger partial charge in [0.2, 0.25) is 0 Å². The average Bonchev–Trinajstić information content (AvgIpc) is 2.30. The van der Waals surface area contributed by atoms with E-state index in [9.17, 15) is 8.78 Å². The molecule has 0 radical (unpaired) electrons. The molecule has 0 nitrogen and oxygen atoms in total. The maximum absolute atomic E-state index is 14.1. The molecule has 0 unspecified atom stereocenters. The second-order valence-electron chi connectivity index (χ2n) is 4.06. The van der Waals surface area contributed by atoms with Crippen molar-refractivity contribution in [2.75, 3.05) is 0 Å². The molecule has 90 valence electrons. The molecule has 1 rings (SSSR count). The summed E-state index contributed by atoms with van der Waals surface area (Å²) in [6.45, 7) is 6.12. The van der Waals surface area contributed by atoms with Crippen molar-refractivity contribution in [1.29, 1.82) is 0 Å². The van der Waals surface area contributed by atoms with Gasteiger partial charge in [0.05, 0.1) is 12.5 Å². The lowest BCUT2D eigenvalue weighted by molar-refractivity contribution is 0.591. The first kappa shape index (κ1) is 13.8. The number of halogens is 3. The molecule has 0 saturated carbocycles. The summed E-state index contributed by atoms with van der Waals surface area (Å²) >= 11 is 3.14. The molecule has 0 aliphatic heterocycles. The van der Waals surface area contributed by atoms with Gasteiger partial charge in [0.1, 0.15) is 11.6 Å². The van der Waals surface area contributed by atoms with Gasteiger partial charge in [0.15, 0.2) is 0 Å². The van der Waals surface area contributed by atoms with Crippen LogP contribution in [-0.2, 0) is 0 Å². The minimum absolute atomic E-state index is 0.370. The molecular weight excluding hydrogens is 290 g/mol. The van der Waals surface area contributed by atoms with Crippen LogP contribution in [0.1, 0.15) is 20.8 Å². The standard InChI is InChI=1S/C12H17BrF2Si/c1-4-16(5-2,6-3)12-10(14)8-7-9(13)11(12)15/h7-8H,4-6H2,1-3H3. The van der Waals surface area contributed by atoms with E-state index in [1.54, 1.807) is 0 Å². The second-order valence-corrected chi connectivity index (χ2v) is 10.1. The molecule has 0 atom stereocenters. The molecule has 0 aromatic heterocycles. The zero-order chi connectivity index (χ0) is 12.3. The van der Waals surface area contributed by atoms with Crippen molar-refractivity contribution in [3.05, 3.63) is 28.2 Å². The van der Waals surface area contributed by atoms with Gasteiger partial charge >= 0.3 is 0 Å². The van der Waals surface area contributed by atoms with Gasteiger partial charge in [-0.2, -0.15) is 0 Å². The Labute approximate surface area is 105 Å². The molecular formula is C12H17BrF2Si. The predicted molar refractivity (Wildman–Crippen MR) is 70.9 cm³/mol. The van der Waals surface area contributed by atoms with Crippen molar-refractivity contribution >= 4 is 29.2 Å². The van der Waals surface area contributed by atoms with Gasteiger partial charge in [0.25, 0.3) is 0 Å². The average molecular weight is 307 g/mol.